The number of hydrogen-bond acceptors (Lipinski definition) is 5. The molecule has 8 heteroatoms. The summed E-state index contributed by atoms with van der Waals surface area (Å²) < 4.78 is 37.9. The molecule has 2 aliphatic rings. The maximum Gasteiger partial charge on any atom is 0.243 e. The summed E-state index contributed by atoms with van der Waals surface area (Å²) in [6.45, 7) is 4.54. The van der Waals surface area contributed by atoms with E-state index in [1.54, 1.807) is 6.07 Å². The fourth-order valence-electron chi connectivity index (χ4n) is 4.12. The molecular formula is C20H30N2O5S. The van der Waals surface area contributed by atoms with Crippen LogP contribution in [0, 0.1) is 11.8 Å². The fourth-order valence-corrected chi connectivity index (χ4v) is 5.60. The Morgan fingerprint density at radius 2 is 1.71 bits per heavy atom. The van der Waals surface area contributed by atoms with E-state index in [-0.39, 0.29) is 16.7 Å². The van der Waals surface area contributed by atoms with Crippen LogP contribution in [-0.4, -0.2) is 63.9 Å². The van der Waals surface area contributed by atoms with Gasteiger partial charge in [-0.15, -0.1) is 0 Å². The first-order valence-electron chi connectivity index (χ1n) is 9.87. The summed E-state index contributed by atoms with van der Waals surface area (Å²) in [6.07, 6.45) is 3.36. The van der Waals surface area contributed by atoms with Crippen LogP contribution < -0.4 is 9.47 Å². The van der Waals surface area contributed by atoms with Gasteiger partial charge in [0.1, 0.15) is 0 Å². The molecule has 0 bridgehead atoms. The number of hydrogen-bond donors (Lipinski definition) is 0. The average Bonchev–Trinajstić information content (AvgIpc) is 2.72. The fraction of sp³-hybridized carbons (Fsp3) is 0.650. The number of carbonyl (C=O) groups excluding carboxylic acids is 1. The summed E-state index contributed by atoms with van der Waals surface area (Å²) in [6, 6.07) is 4.61. The molecule has 0 saturated carbocycles. The van der Waals surface area contributed by atoms with Gasteiger partial charge in [-0.1, -0.05) is 6.92 Å². The van der Waals surface area contributed by atoms with Gasteiger partial charge in [0.25, 0.3) is 0 Å². The number of nitrogens with zero attached hydrogens (tertiary/aromatic N) is 2. The lowest BCUT2D eigenvalue weighted by Gasteiger charge is -2.36. The number of methoxy groups -OCH3 is 2. The highest BCUT2D eigenvalue weighted by molar-refractivity contribution is 7.89. The van der Waals surface area contributed by atoms with Crippen LogP contribution >= 0.6 is 0 Å². The van der Waals surface area contributed by atoms with Gasteiger partial charge in [0.15, 0.2) is 11.5 Å². The van der Waals surface area contributed by atoms with Crippen LogP contribution in [0.4, 0.5) is 0 Å². The second-order valence-corrected chi connectivity index (χ2v) is 9.66. The van der Waals surface area contributed by atoms with Crippen LogP contribution in [0.25, 0.3) is 0 Å². The first-order valence-corrected chi connectivity index (χ1v) is 11.3. The minimum absolute atomic E-state index is 0.0813. The van der Waals surface area contributed by atoms with E-state index >= 15 is 0 Å². The lowest BCUT2D eigenvalue weighted by atomic mass is 9.93. The largest absolute Gasteiger partial charge is 0.493 e. The standard InChI is InChI=1S/C20H30N2O5S/c1-15-5-4-10-21(14-15)20(23)16-8-11-22(12-9-16)28(24,25)17-6-7-18(26-2)19(13-17)27-3/h6-7,13,15-16H,4-5,8-12,14H2,1-3H3. The van der Waals surface area contributed by atoms with Gasteiger partial charge < -0.3 is 14.4 Å². The van der Waals surface area contributed by atoms with Gasteiger partial charge in [-0.05, 0) is 43.7 Å². The molecule has 0 radical (unpaired) electrons. The Morgan fingerprint density at radius 3 is 2.32 bits per heavy atom. The van der Waals surface area contributed by atoms with Gasteiger partial charge in [-0.25, -0.2) is 8.42 Å². The van der Waals surface area contributed by atoms with Crippen molar-refractivity contribution < 1.29 is 22.7 Å². The number of carbonyl (C=O) groups is 1. The smallest absolute Gasteiger partial charge is 0.243 e. The van der Waals surface area contributed by atoms with Crippen molar-refractivity contribution in [1.29, 1.82) is 0 Å². The quantitative estimate of drug-likeness (QED) is 0.745. The molecule has 1 amide bonds. The van der Waals surface area contributed by atoms with Gasteiger partial charge in [0.2, 0.25) is 15.9 Å². The first kappa shape index (κ1) is 20.9. The van der Waals surface area contributed by atoms with Crippen molar-refractivity contribution in [3.05, 3.63) is 18.2 Å². The van der Waals surface area contributed by atoms with Crippen molar-refractivity contribution in [2.45, 2.75) is 37.5 Å². The van der Waals surface area contributed by atoms with Gasteiger partial charge >= 0.3 is 0 Å². The second kappa shape index (κ2) is 8.69. The molecule has 2 saturated heterocycles. The normalized spacial score (nSPS) is 22.1. The van der Waals surface area contributed by atoms with Crippen LogP contribution in [0.3, 0.4) is 0 Å². The predicted octanol–water partition coefficient (Wildman–Crippen LogP) is 2.36. The zero-order chi connectivity index (χ0) is 20.3. The lowest BCUT2D eigenvalue weighted by Crippen LogP contribution is -2.46. The molecular weight excluding hydrogens is 380 g/mol. The van der Waals surface area contributed by atoms with E-state index in [0.29, 0.717) is 43.3 Å². The van der Waals surface area contributed by atoms with Crippen molar-refractivity contribution in [1.82, 2.24) is 9.21 Å². The number of ether oxygens (including phenoxy) is 2. The van der Waals surface area contributed by atoms with Crippen LogP contribution in [0.5, 0.6) is 11.5 Å². The van der Waals surface area contributed by atoms with E-state index in [1.807, 2.05) is 4.90 Å². The Kier molecular flexibility index (Phi) is 6.50. The molecule has 2 aliphatic heterocycles. The molecule has 1 atom stereocenters. The molecule has 1 aromatic rings. The van der Waals surface area contributed by atoms with Crippen molar-refractivity contribution in [3.63, 3.8) is 0 Å². The highest BCUT2D eigenvalue weighted by Gasteiger charge is 2.35. The summed E-state index contributed by atoms with van der Waals surface area (Å²) in [7, 11) is -0.640. The minimum atomic E-state index is -3.63. The van der Waals surface area contributed by atoms with E-state index in [9.17, 15) is 13.2 Å². The summed E-state index contributed by atoms with van der Waals surface area (Å²) in [5.41, 5.74) is 0. The SMILES string of the molecule is COc1ccc(S(=O)(=O)N2CCC(C(=O)N3CCCC(C)C3)CC2)cc1OC. The molecule has 28 heavy (non-hydrogen) atoms. The van der Waals surface area contributed by atoms with Crippen LogP contribution in [-0.2, 0) is 14.8 Å². The van der Waals surface area contributed by atoms with Crippen LogP contribution in [0.1, 0.15) is 32.6 Å². The second-order valence-electron chi connectivity index (χ2n) is 7.73. The third-order valence-electron chi connectivity index (χ3n) is 5.76. The third-order valence-corrected chi connectivity index (χ3v) is 7.66. The monoisotopic (exact) mass is 410 g/mol. The molecule has 1 unspecified atom stereocenters. The zero-order valence-corrected chi connectivity index (χ0v) is 17.7. The van der Waals surface area contributed by atoms with Gasteiger partial charge in [-0.3, -0.25) is 4.79 Å². The lowest BCUT2D eigenvalue weighted by molar-refractivity contribution is -0.138. The summed E-state index contributed by atoms with van der Waals surface area (Å²) in [4.78, 5) is 15.0. The molecule has 1 aromatic carbocycles. The van der Waals surface area contributed by atoms with Crippen LogP contribution in [0.2, 0.25) is 0 Å². The van der Waals surface area contributed by atoms with Crippen LogP contribution in [0.15, 0.2) is 23.1 Å². The number of rotatable bonds is 5. The van der Waals surface area contributed by atoms with E-state index in [1.165, 1.54) is 37.1 Å². The van der Waals surface area contributed by atoms with Gasteiger partial charge in [0.05, 0.1) is 19.1 Å². The van der Waals surface area contributed by atoms with E-state index < -0.39 is 10.0 Å². The number of benzene rings is 1. The van der Waals surface area contributed by atoms with E-state index in [4.69, 9.17) is 9.47 Å². The minimum Gasteiger partial charge on any atom is -0.493 e. The Balaban J connectivity index is 1.66. The highest BCUT2D eigenvalue weighted by Crippen LogP contribution is 2.32. The zero-order valence-electron chi connectivity index (χ0n) is 16.9. The number of piperidine rings is 2. The van der Waals surface area contributed by atoms with Crippen molar-refractivity contribution in [2.75, 3.05) is 40.4 Å². The number of likely N-dealkylation sites (tertiary alicyclic amines) is 1. The van der Waals surface area contributed by atoms with Gasteiger partial charge in [0, 0.05) is 38.2 Å². The molecule has 0 N–H and O–H groups in total. The molecule has 0 spiro atoms. The molecule has 2 heterocycles. The maximum absolute atomic E-state index is 13.0. The summed E-state index contributed by atoms with van der Waals surface area (Å²) in [5.74, 6) is 1.52. The van der Waals surface area contributed by atoms with Gasteiger partial charge in [-0.2, -0.15) is 4.31 Å². The number of amides is 1. The Morgan fingerprint density at radius 1 is 1.04 bits per heavy atom. The average molecular weight is 411 g/mol. The topological polar surface area (TPSA) is 76.2 Å². The Hall–Kier alpha value is -1.80. The summed E-state index contributed by atoms with van der Waals surface area (Å²) >= 11 is 0. The highest BCUT2D eigenvalue weighted by atomic mass is 32.2. The number of sulfonamides is 1. The molecule has 7 nitrogen and oxygen atoms in total. The predicted molar refractivity (Wildman–Crippen MR) is 106 cm³/mol. The molecule has 156 valence electrons. The molecule has 0 aliphatic carbocycles. The third kappa shape index (κ3) is 4.27. The van der Waals surface area contributed by atoms with Crippen molar-refractivity contribution in [2.24, 2.45) is 11.8 Å². The first-order chi connectivity index (χ1) is 13.4. The Labute approximate surface area is 167 Å². The molecule has 2 fully saturated rings. The van der Waals surface area contributed by atoms with E-state index in [0.717, 1.165) is 19.5 Å². The molecule has 3 rings (SSSR count). The van der Waals surface area contributed by atoms with E-state index in [2.05, 4.69) is 6.92 Å². The summed E-state index contributed by atoms with van der Waals surface area (Å²) in [5, 5.41) is 0. The molecule has 0 aromatic heterocycles. The van der Waals surface area contributed by atoms with Crippen molar-refractivity contribution in [3.8, 4) is 11.5 Å². The van der Waals surface area contributed by atoms with Crippen molar-refractivity contribution >= 4 is 15.9 Å². The Bertz CT molecular complexity index is 803. The maximum atomic E-state index is 13.0.